The number of rotatable bonds is 2. The maximum Gasteiger partial charge on any atom is 0.125 e. The fourth-order valence-electron chi connectivity index (χ4n) is 0.344. The third-order valence-electron chi connectivity index (χ3n) is 0.756. The second kappa shape index (κ2) is 4.83. The van der Waals surface area contributed by atoms with Crippen LogP contribution >= 0.6 is 0 Å². The largest absolute Gasteiger partial charge is 0.330 e. The lowest BCUT2D eigenvalue weighted by molar-refractivity contribution is 1.00. The predicted molar refractivity (Wildman–Crippen MR) is 33.0 cm³/mol. The van der Waals surface area contributed by atoms with E-state index in [0.717, 1.165) is 0 Å². The molecule has 0 unspecified atom stereocenters. The molecule has 0 saturated heterocycles. The molecule has 0 bridgehead atoms. The predicted octanol–water partition coefficient (Wildman–Crippen LogP) is 0.309. The van der Waals surface area contributed by atoms with E-state index in [1.807, 2.05) is 0 Å². The molecule has 0 aromatic heterocycles. The minimum absolute atomic E-state index is 0.139. The molecule has 0 aliphatic heterocycles. The fourth-order valence-corrected chi connectivity index (χ4v) is 0.344. The van der Waals surface area contributed by atoms with E-state index in [9.17, 15) is 0 Å². The van der Waals surface area contributed by atoms with Gasteiger partial charge in [0.2, 0.25) is 0 Å². The van der Waals surface area contributed by atoms with E-state index in [-0.39, 0.29) is 5.57 Å². The Labute approximate surface area is 54.0 Å². The Morgan fingerprint density at radius 3 is 2.33 bits per heavy atom. The zero-order chi connectivity index (χ0) is 7.11. The highest BCUT2D eigenvalue weighted by molar-refractivity contribution is 5.34. The Kier molecular flexibility index (Phi) is 4.12. The highest BCUT2D eigenvalue weighted by atomic mass is 14.5. The van der Waals surface area contributed by atoms with Gasteiger partial charge in [0.05, 0.1) is 0 Å². The summed E-state index contributed by atoms with van der Waals surface area (Å²) in [5, 5.41) is 16.3. The highest BCUT2D eigenvalue weighted by Crippen LogP contribution is 1.89. The number of hydrogen-bond donors (Lipinski definition) is 1. The van der Waals surface area contributed by atoms with Crippen molar-refractivity contribution in [3.05, 3.63) is 11.6 Å². The van der Waals surface area contributed by atoms with Crippen molar-refractivity contribution in [2.45, 2.75) is 6.42 Å². The van der Waals surface area contributed by atoms with Crippen molar-refractivity contribution in [1.29, 1.82) is 10.5 Å². The number of hydrogen-bond acceptors (Lipinski definition) is 3. The van der Waals surface area contributed by atoms with Crippen LogP contribution < -0.4 is 5.73 Å². The normalized spacial score (nSPS) is 7.00. The van der Waals surface area contributed by atoms with Crippen LogP contribution in [0.5, 0.6) is 0 Å². The first-order valence-electron chi connectivity index (χ1n) is 2.55. The second-order valence-electron chi connectivity index (χ2n) is 1.42. The SMILES string of the molecule is N#CC(C#N)=CCCN. The van der Waals surface area contributed by atoms with Gasteiger partial charge in [-0.2, -0.15) is 10.5 Å². The number of nitrogens with zero attached hydrogens (tertiary/aromatic N) is 2. The maximum absolute atomic E-state index is 8.17. The van der Waals surface area contributed by atoms with E-state index in [1.54, 1.807) is 12.1 Å². The summed E-state index contributed by atoms with van der Waals surface area (Å²) < 4.78 is 0. The molecular weight excluding hydrogens is 114 g/mol. The van der Waals surface area contributed by atoms with Crippen LogP contribution in [0.25, 0.3) is 0 Å². The van der Waals surface area contributed by atoms with Gasteiger partial charge in [0.15, 0.2) is 0 Å². The molecule has 2 N–H and O–H groups in total. The van der Waals surface area contributed by atoms with Gasteiger partial charge in [-0.3, -0.25) is 0 Å². The van der Waals surface area contributed by atoms with E-state index in [0.29, 0.717) is 13.0 Å². The number of nitrogens with two attached hydrogens (primary N) is 1. The molecule has 0 aliphatic carbocycles. The van der Waals surface area contributed by atoms with Crippen LogP contribution in [-0.2, 0) is 0 Å². The smallest absolute Gasteiger partial charge is 0.125 e. The monoisotopic (exact) mass is 121 g/mol. The van der Waals surface area contributed by atoms with Crippen molar-refractivity contribution in [2.24, 2.45) is 5.73 Å². The summed E-state index contributed by atoms with van der Waals surface area (Å²) in [4.78, 5) is 0. The molecule has 0 atom stereocenters. The van der Waals surface area contributed by atoms with Gasteiger partial charge in [-0.15, -0.1) is 0 Å². The van der Waals surface area contributed by atoms with E-state index < -0.39 is 0 Å². The molecule has 0 amide bonds. The van der Waals surface area contributed by atoms with Crippen LogP contribution in [0.4, 0.5) is 0 Å². The van der Waals surface area contributed by atoms with Crippen LogP contribution in [0.15, 0.2) is 11.6 Å². The molecule has 0 aromatic carbocycles. The van der Waals surface area contributed by atoms with Crippen LogP contribution in [-0.4, -0.2) is 6.54 Å². The lowest BCUT2D eigenvalue weighted by atomic mass is 10.2. The quantitative estimate of drug-likeness (QED) is 0.534. The first-order chi connectivity index (χ1) is 4.35. The molecule has 0 spiro atoms. The molecule has 0 radical (unpaired) electrons. The van der Waals surface area contributed by atoms with Crippen LogP contribution in [0.1, 0.15) is 6.42 Å². The van der Waals surface area contributed by atoms with Gasteiger partial charge in [0, 0.05) is 0 Å². The Hall–Kier alpha value is -1.32. The summed E-state index contributed by atoms with van der Waals surface area (Å²) in [6, 6.07) is 3.46. The second-order valence-corrected chi connectivity index (χ2v) is 1.42. The van der Waals surface area contributed by atoms with E-state index in [1.165, 1.54) is 6.08 Å². The molecule has 46 valence electrons. The lowest BCUT2D eigenvalue weighted by Crippen LogP contribution is -1.95. The van der Waals surface area contributed by atoms with Crippen molar-refractivity contribution < 1.29 is 0 Å². The molecule has 3 nitrogen and oxygen atoms in total. The third-order valence-corrected chi connectivity index (χ3v) is 0.756. The molecule has 0 saturated carbocycles. The number of nitriles is 2. The van der Waals surface area contributed by atoms with Gasteiger partial charge in [0.25, 0.3) is 0 Å². The van der Waals surface area contributed by atoms with Crippen LogP contribution in [0, 0.1) is 22.7 Å². The van der Waals surface area contributed by atoms with Gasteiger partial charge >= 0.3 is 0 Å². The zero-order valence-electron chi connectivity index (χ0n) is 4.96. The number of allylic oxidation sites excluding steroid dienone is 1. The van der Waals surface area contributed by atoms with E-state index >= 15 is 0 Å². The molecule has 0 rings (SSSR count). The lowest BCUT2D eigenvalue weighted by Gasteiger charge is -1.81. The van der Waals surface area contributed by atoms with Crippen molar-refractivity contribution >= 4 is 0 Å². The summed E-state index contributed by atoms with van der Waals surface area (Å²) >= 11 is 0. The minimum atomic E-state index is 0.139. The topological polar surface area (TPSA) is 73.6 Å². The fraction of sp³-hybridized carbons (Fsp3) is 0.333. The Balaban J connectivity index is 3.85. The summed E-state index contributed by atoms with van der Waals surface area (Å²) in [7, 11) is 0. The molecule has 0 fully saturated rings. The van der Waals surface area contributed by atoms with E-state index in [4.69, 9.17) is 16.3 Å². The average Bonchev–Trinajstić information content (AvgIpc) is 1.91. The summed E-state index contributed by atoms with van der Waals surface area (Å²) in [6.45, 7) is 0.479. The Bertz CT molecular complexity index is 163. The van der Waals surface area contributed by atoms with E-state index in [2.05, 4.69) is 0 Å². The van der Waals surface area contributed by atoms with Crippen LogP contribution in [0.2, 0.25) is 0 Å². The summed E-state index contributed by atoms with van der Waals surface area (Å²) in [5.41, 5.74) is 5.26. The van der Waals surface area contributed by atoms with Gasteiger partial charge in [0.1, 0.15) is 17.7 Å². The van der Waals surface area contributed by atoms with Gasteiger partial charge < -0.3 is 5.73 Å². The molecular formula is C6H7N3. The Morgan fingerprint density at radius 1 is 1.44 bits per heavy atom. The summed E-state index contributed by atoms with van der Waals surface area (Å²) in [6.07, 6.45) is 2.12. The highest BCUT2D eigenvalue weighted by Gasteiger charge is 1.86. The van der Waals surface area contributed by atoms with Gasteiger partial charge in [-0.1, -0.05) is 6.08 Å². The first kappa shape index (κ1) is 7.68. The molecule has 3 heteroatoms. The first-order valence-corrected chi connectivity index (χ1v) is 2.55. The zero-order valence-corrected chi connectivity index (χ0v) is 4.96. The summed E-state index contributed by atoms with van der Waals surface area (Å²) in [5.74, 6) is 0. The van der Waals surface area contributed by atoms with Gasteiger partial charge in [-0.25, -0.2) is 0 Å². The molecule has 0 aliphatic rings. The third kappa shape index (κ3) is 3.28. The molecule has 0 aromatic rings. The minimum Gasteiger partial charge on any atom is -0.330 e. The van der Waals surface area contributed by atoms with Crippen molar-refractivity contribution in [3.8, 4) is 12.1 Å². The maximum atomic E-state index is 8.17. The standard InChI is InChI=1S/C6H7N3/c7-3-1-2-6(4-8)5-9/h2H,1,3,7H2. The molecule has 0 heterocycles. The van der Waals surface area contributed by atoms with Crippen molar-refractivity contribution in [1.82, 2.24) is 0 Å². The average molecular weight is 121 g/mol. The van der Waals surface area contributed by atoms with Crippen LogP contribution in [0.3, 0.4) is 0 Å². The molecule has 9 heavy (non-hydrogen) atoms. The van der Waals surface area contributed by atoms with Crippen molar-refractivity contribution in [2.75, 3.05) is 6.54 Å². The Morgan fingerprint density at radius 2 is 2.00 bits per heavy atom. The van der Waals surface area contributed by atoms with Gasteiger partial charge in [-0.05, 0) is 13.0 Å². The van der Waals surface area contributed by atoms with Crippen molar-refractivity contribution in [3.63, 3.8) is 0 Å².